The summed E-state index contributed by atoms with van der Waals surface area (Å²) < 4.78 is 6.73. The number of esters is 1. The van der Waals surface area contributed by atoms with E-state index in [0.717, 1.165) is 16.5 Å². The molecule has 0 aliphatic rings. The van der Waals surface area contributed by atoms with Crippen LogP contribution in [0.1, 0.15) is 60.1 Å². The number of fused-ring (bicyclic) bond motifs is 1. The first kappa shape index (κ1) is 21.9. The second kappa shape index (κ2) is 8.52. The molecule has 0 aliphatic carbocycles. The molecular weight excluding hydrogens is 400 g/mol. The molecule has 158 valence electrons. The molecule has 0 spiro atoms. The smallest absolute Gasteiger partial charge is 0.337 e. The van der Waals surface area contributed by atoms with Crippen LogP contribution in [0.5, 0.6) is 0 Å². The number of hydrogen-bond acceptors (Lipinski definition) is 3. The maximum absolute atomic E-state index is 13.3. The van der Waals surface area contributed by atoms with Crippen molar-refractivity contribution in [3.05, 3.63) is 70.4 Å². The van der Waals surface area contributed by atoms with Gasteiger partial charge in [-0.05, 0) is 36.1 Å². The lowest BCUT2D eigenvalue weighted by atomic mass is 9.96. The Hall–Kier alpha value is -2.79. The maximum atomic E-state index is 13.3. The fourth-order valence-electron chi connectivity index (χ4n) is 3.50. The van der Waals surface area contributed by atoms with Gasteiger partial charge in [0.1, 0.15) is 5.69 Å². The number of hydrogen-bond donors (Lipinski definition) is 1. The molecule has 3 rings (SSSR count). The molecule has 1 amide bonds. The first-order chi connectivity index (χ1) is 14.1. The lowest BCUT2D eigenvalue weighted by Crippen LogP contribution is -2.30. The van der Waals surface area contributed by atoms with Gasteiger partial charge in [0.15, 0.2) is 0 Å². The Bertz CT molecular complexity index is 1080. The number of carbonyl (C=O) groups is 2. The van der Waals surface area contributed by atoms with E-state index in [0.29, 0.717) is 22.8 Å². The number of nitrogens with zero attached hydrogens (tertiary/aromatic N) is 1. The average molecular weight is 427 g/mol. The molecule has 0 radical (unpaired) electrons. The van der Waals surface area contributed by atoms with Gasteiger partial charge in [-0.3, -0.25) is 4.79 Å². The molecule has 1 N–H and O–H groups in total. The highest BCUT2D eigenvalue weighted by atomic mass is 35.5. The summed E-state index contributed by atoms with van der Waals surface area (Å²) in [7, 11) is 1.35. The maximum Gasteiger partial charge on any atom is 0.337 e. The van der Waals surface area contributed by atoms with Gasteiger partial charge in [0.05, 0.1) is 29.3 Å². The number of para-hydroxylation sites is 1. The van der Waals surface area contributed by atoms with E-state index >= 15 is 0 Å². The van der Waals surface area contributed by atoms with Gasteiger partial charge in [-0.1, -0.05) is 62.7 Å². The number of benzene rings is 2. The predicted octanol–water partition coefficient (Wildman–Crippen LogP) is 5.62. The highest BCUT2D eigenvalue weighted by molar-refractivity contribution is 6.38. The Morgan fingerprint density at radius 2 is 1.73 bits per heavy atom. The molecule has 1 aromatic heterocycles. The molecule has 0 saturated heterocycles. The molecule has 1 heterocycles. The van der Waals surface area contributed by atoms with E-state index in [1.807, 2.05) is 47.9 Å². The average Bonchev–Trinajstić information content (AvgIpc) is 2.98. The number of methoxy groups -OCH3 is 1. The lowest BCUT2D eigenvalue weighted by Gasteiger charge is -2.22. The van der Waals surface area contributed by atoms with Crippen LogP contribution in [0.2, 0.25) is 5.02 Å². The molecule has 0 saturated carbocycles. The van der Waals surface area contributed by atoms with Crippen LogP contribution in [0.3, 0.4) is 0 Å². The van der Waals surface area contributed by atoms with E-state index in [1.54, 1.807) is 12.1 Å². The van der Waals surface area contributed by atoms with Crippen LogP contribution < -0.4 is 5.32 Å². The van der Waals surface area contributed by atoms with Gasteiger partial charge in [-0.2, -0.15) is 0 Å². The van der Waals surface area contributed by atoms with Gasteiger partial charge in [0.2, 0.25) is 0 Å². The first-order valence-electron chi connectivity index (χ1n) is 9.88. The summed E-state index contributed by atoms with van der Waals surface area (Å²) in [4.78, 5) is 24.9. The summed E-state index contributed by atoms with van der Waals surface area (Å²) in [5.41, 5.74) is 2.72. The summed E-state index contributed by atoms with van der Waals surface area (Å²) in [5.74, 6) is -0.623. The second-order valence-electron chi connectivity index (χ2n) is 8.64. The highest BCUT2D eigenvalue weighted by Gasteiger charge is 2.25. The van der Waals surface area contributed by atoms with E-state index in [4.69, 9.17) is 16.3 Å². The van der Waals surface area contributed by atoms with E-state index in [-0.39, 0.29) is 17.4 Å². The van der Waals surface area contributed by atoms with E-state index < -0.39 is 5.97 Å². The highest BCUT2D eigenvalue weighted by Crippen LogP contribution is 2.33. The molecule has 1 atom stereocenters. The largest absolute Gasteiger partial charge is 0.465 e. The second-order valence-corrected chi connectivity index (χ2v) is 9.01. The fourth-order valence-corrected chi connectivity index (χ4v) is 3.84. The minimum atomic E-state index is -0.392. The van der Waals surface area contributed by atoms with Crippen molar-refractivity contribution in [3.8, 4) is 0 Å². The Morgan fingerprint density at radius 3 is 2.33 bits per heavy atom. The van der Waals surface area contributed by atoms with Crippen molar-refractivity contribution in [1.29, 1.82) is 0 Å². The van der Waals surface area contributed by atoms with Gasteiger partial charge in [0, 0.05) is 11.9 Å². The monoisotopic (exact) mass is 426 g/mol. The molecule has 30 heavy (non-hydrogen) atoms. The quantitative estimate of drug-likeness (QED) is 0.538. The van der Waals surface area contributed by atoms with Crippen molar-refractivity contribution in [2.24, 2.45) is 5.41 Å². The van der Waals surface area contributed by atoms with E-state index in [9.17, 15) is 9.59 Å². The van der Waals surface area contributed by atoms with Gasteiger partial charge in [-0.25, -0.2) is 4.79 Å². The van der Waals surface area contributed by atoms with Gasteiger partial charge in [0.25, 0.3) is 5.91 Å². The Balaban J connectivity index is 1.92. The number of halogens is 1. The molecule has 6 heteroatoms. The molecular formula is C24H27ClN2O3. The van der Waals surface area contributed by atoms with Crippen molar-refractivity contribution >= 4 is 34.4 Å². The van der Waals surface area contributed by atoms with Gasteiger partial charge in [-0.15, -0.1) is 0 Å². The molecule has 1 unspecified atom stereocenters. The fraction of sp³-hybridized carbons (Fsp3) is 0.333. The number of amides is 1. The Kier molecular flexibility index (Phi) is 6.22. The third-order valence-electron chi connectivity index (χ3n) is 4.94. The molecule has 3 aromatic rings. The molecule has 2 aromatic carbocycles. The van der Waals surface area contributed by atoms with Crippen molar-refractivity contribution in [1.82, 2.24) is 9.88 Å². The van der Waals surface area contributed by atoms with Crippen molar-refractivity contribution < 1.29 is 14.3 Å². The van der Waals surface area contributed by atoms with Gasteiger partial charge >= 0.3 is 5.97 Å². The summed E-state index contributed by atoms with van der Waals surface area (Å²) >= 11 is 6.65. The minimum Gasteiger partial charge on any atom is -0.465 e. The Morgan fingerprint density at radius 1 is 1.10 bits per heavy atom. The van der Waals surface area contributed by atoms with Crippen LogP contribution in [0, 0.1) is 5.41 Å². The van der Waals surface area contributed by atoms with Crippen LogP contribution in [-0.2, 0) is 11.3 Å². The van der Waals surface area contributed by atoms with Crippen LogP contribution in [0.15, 0.2) is 48.5 Å². The predicted molar refractivity (Wildman–Crippen MR) is 120 cm³/mol. The number of nitrogens with one attached hydrogen (secondary N) is 1. The van der Waals surface area contributed by atoms with Crippen molar-refractivity contribution in [2.45, 2.75) is 40.3 Å². The molecule has 5 nitrogen and oxygen atoms in total. The summed E-state index contributed by atoms with van der Waals surface area (Å²) in [6.45, 7) is 8.94. The third-order valence-corrected chi connectivity index (χ3v) is 5.32. The van der Waals surface area contributed by atoms with Crippen LogP contribution >= 0.6 is 11.6 Å². The zero-order valence-corrected chi connectivity index (χ0v) is 18.7. The van der Waals surface area contributed by atoms with Crippen LogP contribution in [0.4, 0.5) is 0 Å². The topological polar surface area (TPSA) is 60.3 Å². The summed E-state index contributed by atoms with van der Waals surface area (Å²) in [6.07, 6.45) is 0. The van der Waals surface area contributed by atoms with Crippen molar-refractivity contribution in [3.63, 3.8) is 0 Å². The van der Waals surface area contributed by atoms with E-state index in [1.165, 1.54) is 7.11 Å². The molecule has 0 aliphatic heterocycles. The van der Waals surface area contributed by atoms with Crippen LogP contribution in [0.25, 0.3) is 10.9 Å². The van der Waals surface area contributed by atoms with Crippen molar-refractivity contribution in [2.75, 3.05) is 7.11 Å². The first-order valence-corrected chi connectivity index (χ1v) is 10.3. The number of aromatic nitrogens is 1. The summed E-state index contributed by atoms with van der Waals surface area (Å²) in [6, 6.07) is 14.5. The summed E-state index contributed by atoms with van der Waals surface area (Å²) in [5, 5.41) is 4.37. The number of carbonyl (C=O) groups excluding carboxylic acids is 2. The van der Waals surface area contributed by atoms with E-state index in [2.05, 4.69) is 26.1 Å². The van der Waals surface area contributed by atoms with Crippen LogP contribution in [-0.4, -0.2) is 23.6 Å². The zero-order valence-electron chi connectivity index (χ0n) is 18.0. The lowest BCUT2D eigenvalue weighted by molar-refractivity contribution is 0.0600. The third kappa shape index (κ3) is 4.51. The van der Waals surface area contributed by atoms with Gasteiger partial charge < -0.3 is 14.6 Å². The Labute approximate surface area is 182 Å². The standard InChI is InChI=1S/C24H27ClN2O3/c1-15(16-10-12-17(13-11-16)23(29)30-5)26-22(28)21-20(25)18-8-6-7-9-19(18)27(21)14-24(2,3)4/h6-13,15H,14H2,1-5H3,(H,26,28). The SMILES string of the molecule is COC(=O)c1ccc(C(C)NC(=O)c2c(Cl)c3ccccc3n2CC(C)(C)C)cc1. The number of ether oxygens (including phenoxy) is 1. The molecule has 0 fully saturated rings. The minimum absolute atomic E-state index is 0.0323. The zero-order chi connectivity index (χ0) is 22.1. The number of rotatable bonds is 5. The molecule has 0 bridgehead atoms. The normalized spacial score (nSPS) is 12.6.